The zero-order valence-electron chi connectivity index (χ0n) is 11.4. The highest BCUT2D eigenvalue weighted by Gasteiger charge is 2.03. The number of aryl methyl sites for hydroxylation is 1. The van der Waals surface area contributed by atoms with Crippen LogP contribution in [0.5, 0.6) is 5.75 Å². The van der Waals surface area contributed by atoms with Crippen LogP contribution in [0.1, 0.15) is 18.1 Å². The van der Waals surface area contributed by atoms with Gasteiger partial charge in [-0.3, -0.25) is 0 Å². The van der Waals surface area contributed by atoms with Crippen LogP contribution in [0.25, 0.3) is 0 Å². The van der Waals surface area contributed by atoms with Crippen LogP contribution in [0.15, 0.2) is 42.5 Å². The van der Waals surface area contributed by atoms with Crippen molar-refractivity contribution in [3.8, 4) is 5.75 Å². The minimum atomic E-state index is 0.666. The molecule has 0 saturated heterocycles. The van der Waals surface area contributed by atoms with E-state index in [2.05, 4.69) is 24.4 Å². The molecule has 0 heterocycles. The fraction of sp³-hybridized carbons (Fsp3) is 0.250. The summed E-state index contributed by atoms with van der Waals surface area (Å²) >= 11 is 0. The number of nitrogen functional groups attached to an aromatic ring is 1. The summed E-state index contributed by atoms with van der Waals surface area (Å²) in [5.74, 6) is 0.892. The molecule has 3 N–H and O–H groups in total. The maximum atomic E-state index is 5.68. The number of rotatable bonds is 5. The second-order valence-corrected chi connectivity index (χ2v) is 4.53. The van der Waals surface area contributed by atoms with E-state index < -0.39 is 0 Å². The van der Waals surface area contributed by atoms with Crippen molar-refractivity contribution in [1.82, 2.24) is 0 Å². The van der Waals surface area contributed by atoms with Gasteiger partial charge in [-0.25, -0.2) is 0 Å². The maximum Gasteiger partial charge on any atom is 0.142 e. The third kappa shape index (κ3) is 3.65. The number of anilines is 2. The van der Waals surface area contributed by atoms with E-state index in [4.69, 9.17) is 10.5 Å². The molecular formula is C16H20N2O. The van der Waals surface area contributed by atoms with E-state index in [-0.39, 0.29) is 0 Å². The molecule has 0 bridgehead atoms. The summed E-state index contributed by atoms with van der Waals surface area (Å²) in [7, 11) is 0. The summed E-state index contributed by atoms with van der Waals surface area (Å²) in [4.78, 5) is 0. The molecule has 0 aliphatic rings. The van der Waals surface area contributed by atoms with Crippen molar-refractivity contribution >= 4 is 11.4 Å². The zero-order chi connectivity index (χ0) is 13.7. The Morgan fingerprint density at radius 1 is 1.11 bits per heavy atom. The van der Waals surface area contributed by atoms with Gasteiger partial charge in [0.2, 0.25) is 0 Å². The lowest BCUT2D eigenvalue weighted by Crippen LogP contribution is -2.03. The Hall–Kier alpha value is -2.16. The Balaban J connectivity index is 2.09. The van der Waals surface area contributed by atoms with E-state index in [0.29, 0.717) is 6.61 Å². The normalized spacial score (nSPS) is 10.2. The lowest BCUT2D eigenvalue weighted by atomic mass is 10.1. The SMILES string of the molecule is CCOc1ccc(C)cc1NCc1ccc(N)cc1. The summed E-state index contributed by atoms with van der Waals surface area (Å²) in [6.45, 7) is 5.48. The minimum absolute atomic E-state index is 0.666. The molecule has 0 fully saturated rings. The minimum Gasteiger partial charge on any atom is -0.492 e. The van der Waals surface area contributed by atoms with Crippen LogP contribution >= 0.6 is 0 Å². The van der Waals surface area contributed by atoms with Crippen molar-refractivity contribution in [1.29, 1.82) is 0 Å². The highest BCUT2D eigenvalue weighted by molar-refractivity contribution is 5.58. The first-order valence-corrected chi connectivity index (χ1v) is 6.51. The third-order valence-corrected chi connectivity index (χ3v) is 2.90. The molecule has 3 heteroatoms. The van der Waals surface area contributed by atoms with E-state index in [1.807, 2.05) is 37.3 Å². The fourth-order valence-corrected chi connectivity index (χ4v) is 1.90. The van der Waals surface area contributed by atoms with Crippen LogP contribution in [0, 0.1) is 6.92 Å². The zero-order valence-corrected chi connectivity index (χ0v) is 11.4. The Bertz CT molecular complexity index is 535. The van der Waals surface area contributed by atoms with Crippen molar-refractivity contribution in [3.05, 3.63) is 53.6 Å². The average molecular weight is 256 g/mol. The highest BCUT2D eigenvalue weighted by atomic mass is 16.5. The largest absolute Gasteiger partial charge is 0.492 e. The smallest absolute Gasteiger partial charge is 0.142 e. The summed E-state index contributed by atoms with van der Waals surface area (Å²) in [5.41, 5.74) is 9.89. The molecule has 0 unspecified atom stereocenters. The van der Waals surface area contributed by atoms with Gasteiger partial charge in [-0.15, -0.1) is 0 Å². The summed E-state index contributed by atoms with van der Waals surface area (Å²) in [6.07, 6.45) is 0. The molecule has 0 aliphatic carbocycles. The van der Waals surface area contributed by atoms with Gasteiger partial charge in [0, 0.05) is 12.2 Å². The highest BCUT2D eigenvalue weighted by Crippen LogP contribution is 2.26. The van der Waals surface area contributed by atoms with E-state index in [1.165, 1.54) is 11.1 Å². The molecule has 2 rings (SSSR count). The molecule has 0 radical (unpaired) electrons. The van der Waals surface area contributed by atoms with Crippen molar-refractivity contribution in [2.45, 2.75) is 20.4 Å². The number of hydrogen-bond acceptors (Lipinski definition) is 3. The van der Waals surface area contributed by atoms with Gasteiger partial charge < -0.3 is 15.8 Å². The van der Waals surface area contributed by atoms with E-state index in [0.717, 1.165) is 23.7 Å². The maximum absolute atomic E-state index is 5.68. The first kappa shape index (κ1) is 13.3. The average Bonchev–Trinajstić information content (AvgIpc) is 2.41. The van der Waals surface area contributed by atoms with Crippen LogP contribution in [0.3, 0.4) is 0 Å². The van der Waals surface area contributed by atoms with E-state index in [9.17, 15) is 0 Å². The molecular weight excluding hydrogens is 236 g/mol. The molecule has 0 aromatic heterocycles. The van der Waals surface area contributed by atoms with E-state index >= 15 is 0 Å². The summed E-state index contributed by atoms with van der Waals surface area (Å²) < 4.78 is 5.62. The van der Waals surface area contributed by atoms with Crippen LogP contribution in [-0.2, 0) is 6.54 Å². The number of benzene rings is 2. The number of ether oxygens (including phenoxy) is 1. The molecule has 2 aromatic carbocycles. The molecule has 3 nitrogen and oxygen atoms in total. The Morgan fingerprint density at radius 2 is 1.84 bits per heavy atom. The lowest BCUT2D eigenvalue weighted by Gasteiger charge is -2.13. The van der Waals surface area contributed by atoms with Gasteiger partial charge in [-0.05, 0) is 49.2 Å². The second-order valence-electron chi connectivity index (χ2n) is 4.53. The van der Waals surface area contributed by atoms with Gasteiger partial charge in [0.25, 0.3) is 0 Å². The van der Waals surface area contributed by atoms with Gasteiger partial charge >= 0.3 is 0 Å². The van der Waals surface area contributed by atoms with Gasteiger partial charge in [0.15, 0.2) is 0 Å². The number of hydrogen-bond donors (Lipinski definition) is 2. The molecule has 0 saturated carbocycles. The topological polar surface area (TPSA) is 47.3 Å². The van der Waals surface area contributed by atoms with Crippen LogP contribution in [-0.4, -0.2) is 6.61 Å². The molecule has 2 aromatic rings. The van der Waals surface area contributed by atoms with Crippen molar-refractivity contribution in [2.75, 3.05) is 17.7 Å². The standard InChI is InChI=1S/C16H20N2O/c1-3-19-16-9-4-12(2)10-15(16)18-11-13-5-7-14(17)8-6-13/h4-10,18H,3,11,17H2,1-2H3. The Labute approximate surface area is 114 Å². The van der Waals surface area contributed by atoms with Crippen molar-refractivity contribution in [3.63, 3.8) is 0 Å². The first-order valence-electron chi connectivity index (χ1n) is 6.51. The van der Waals surface area contributed by atoms with E-state index in [1.54, 1.807) is 0 Å². The van der Waals surface area contributed by atoms with Gasteiger partial charge in [0.1, 0.15) is 5.75 Å². The van der Waals surface area contributed by atoms with Gasteiger partial charge in [-0.1, -0.05) is 18.2 Å². The number of nitrogens with one attached hydrogen (secondary N) is 1. The quantitative estimate of drug-likeness (QED) is 0.804. The fourth-order valence-electron chi connectivity index (χ4n) is 1.90. The van der Waals surface area contributed by atoms with Crippen LogP contribution in [0.4, 0.5) is 11.4 Å². The third-order valence-electron chi connectivity index (χ3n) is 2.90. The lowest BCUT2D eigenvalue weighted by molar-refractivity contribution is 0.341. The first-order chi connectivity index (χ1) is 9.19. The molecule has 0 amide bonds. The Kier molecular flexibility index (Phi) is 4.29. The van der Waals surface area contributed by atoms with Gasteiger partial charge in [0.05, 0.1) is 12.3 Å². The van der Waals surface area contributed by atoms with Crippen LogP contribution < -0.4 is 15.8 Å². The van der Waals surface area contributed by atoms with Crippen LogP contribution in [0.2, 0.25) is 0 Å². The second kappa shape index (κ2) is 6.14. The Morgan fingerprint density at radius 3 is 2.53 bits per heavy atom. The van der Waals surface area contributed by atoms with Crippen molar-refractivity contribution in [2.24, 2.45) is 0 Å². The molecule has 19 heavy (non-hydrogen) atoms. The molecule has 0 aliphatic heterocycles. The van der Waals surface area contributed by atoms with Crippen molar-refractivity contribution < 1.29 is 4.74 Å². The monoisotopic (exact) mass is 256 g/mol. The van der Waals surface area contributed by atoms with Gasteiger partial charge in [-0.2, -0.15) is 0 Å². The predicted octanol–water partition coefficient (Wildman–Crippen LogP) is 3.59. The molecule has 100 valence electrons. The predicted molar refractivity (Wildman–Crippen MR) is 80.5 cm³/mol. The number of nitrogens with two attached hydrogens (primary N) is 1. The summed E-state index contributed by atoms with van der Waals surface area (Å²) in [5, 5.41) is 3.41. The molecule has 0 spiro atoms. The molecule has 0 atom stereocenters. The summed E-state index contributed by atoms with van der Waals surface area (Å²) in [6, 6.07) is 14.0.